The van der Waals surface area contributed by atoms with E-state index < -0.39 is 0 Å². The number of carbonyl (C=O) groups is 1. The summed E-state index contributed by atoms with van der Waals surface area (Å²) in [5.41, 5.74) is 7.45. The number of aryl methyl sites for hydroxylation is 1. The zero-order chi connectivity index (χ0) is 13.0. The zero-order valence-corrected chi connectivity index (χ0v) is 10.5. The van der Waals surface area contributed by atoms with E-state index in [4.69, 9.17) is 15.2 Å². The van der Waals surface area contributed by atoms with Crippen molar-refractivity contribution in [3.63, 3.8) is 0 Å². The standard InChI is InChI=1S/C13H18N2O3/c1-10-2-3-11(8-12(10)14)18-9-13(16)15-4-6-17-7-5-15/h2-3,8H,4-7,9,14H2,1H3. The van der Waals surface area contributed by atoms with E-state index in [2.05, 4.69) is 0 Å². The molecule has 1 aromatic rings. The van der Waals surface area contributed by atoms with E-state index in [0.29, 0.717) is 37.7 Å². The second kappa shape index (κ2) is 5.73. The maximum Gasteiger partial charge on any atom is 0.260 e. The summed E-state index contributed by atoms with van der Waals surface area (Å²) in [6.45, 7) is 4.45. The van der Waals surface area contributed by atoms with Crippen LogP contribution in [0.4, 0.5) is 5.69 Å². The lowest BCUT2D eigenvalue weighted by Gasteiger charge is -2.26. The third-order valence-electron chi connectivity index (χ3n) is 2.98. The second-order valence-electron chi connectivity index (χ2n) is 4.30. The van der Waals surface area contributed by atoms with Gasteiger partial charge in [-0.2, -0.15) is 0 Å². The number of carbonyl (C=O) groups excluding carboxylic acids is 1. The summed E-state index contributed by atoms with van der Waals surface area (Å²) in [6, 6.07) is 5.43. The van der Waals surface area contributed by atoms with Gasteiger partial charge in [0.15, 0.2) is 6.61 Å². The molecular weight excluding hydrogens is 232 g/mol. The van der Waals surface area contributed by atoms with Gasteiger partial charge in [-0.05, 0) is 18.6 Å². The molecule has 0 aliphatic carbocycles. The number of ether oxygens (including phenoxy) is 2. The van der Waals surface area contributed by atoms with Crippen LogP contribution in [0.1, 0.15) is 5.56 Å². The Morgan fingerprint density at radius 3 is 2.83 bits per heavy atom. The van der Waals surface area contributed by atoms with Gasteiger partial charge in [-0.25, -0.2) is 0 Å². The van der Waals surface area contributed by atoms with E-state index in [0.717, 1.165) is 5.56 Å². The van der Waals surface area contributed by atoms with Crippen LogP contribution < -0.4 is 10.5 Å². The van der Waals surface area contributed by atoms with Crippen molar-refractivity contribution in [2.45, 2.75) is 6.92 Å². The molecule has 1 fully saturated rings. The molecule has 0 saturated carbocycles. The van der Waals surface area contributed by atoms with Crippen molar-refractivity contribution in [2.75, 3.05) is 38.6 Å². The summed E-state index contributed by atoms with van der Waals surface area (Å²) in [7, 11) is 0. The van der Waals surface area contributed by atoms with E-state index in [-0.39, 0.29) is 12.5 Å². The van der Waals surface area contributed by atoms with Crippen molar-refractivity contribution < 1.29 is 14.3 Å². The first-order valence-electron chi connectivity index (χ1n) is 6.01. The molecule has 5 nitrogen and oxygen atoms in total. The maximum absolute atomic E-state index is 11.8. The molecule has 1 aliphatic heterocycles. The maximum atomic E-state index is 11.8. The Hall–Kier alpha value is -1.75. The predicted octanol–water partition coefficient (Wildman–Crippen LogP) is 0.815. The fourth-order valence-corrected chi connectivity index (χ4v) is 1.76. The highest BCUT2D eigenvalue weighted by molar-refractivity contribution is 5.77. The van der Waals surface area contributed by atoms with Gasteiger partial charge in [0.1, 0.15) is 5.75 Å². The van der Waals surface area contributed by atoms with Crippen molar-refractivity contribution in [3.05, 3.63) is 23.8 Å². The SMILES string of the molecule is Cc1ccc(OCC(=O)N2CCOCC2)cc1N. The number of nitrogens with zero attached hydrogens (tertiary/aromatic N) is 1. The van der Waals surface area contributed by atoms with Crippen LogP contribution in [0.2, 0.25) is 0 Å². The summed E-state index contributed by atoms with van der Waals surface area (Å²) in [6.07, 6.45) is 0. The van der Waals surface area contributed by atoms with Crippen molar-refractivity contribution in [2.24, 2.45) is 0 Å². The number of anilines is 1. The van der Waals surface area contributed by atoms with Crippen LogP contribution in [0.5, 0.6) is 5.75 Å². The second-order valence-corrected chi connectivity index (χ2v) is 4.30. The van der Waals surface area contributed by atoms with E-state index in [1.54, 1.807) is 11.0 Å². The lowest BCUT2D eigenvalue weighted by molar-refractivity contribution is -0.137. The smallest absolute Gasteiger partial charge is 0.260 e. The first-order valence-corrected chi connectivity index (χ1v) is 6.01. The van der Waals surface area contributed by atoms with E-state index >= 15 is 0 Å². The van der Waals surface area contributed by atoms with Crippen molar-refractivity contribution in [3.8, 4) is 5.75 Å². The van der Waals surface area contributed by atoms with Crippen LogP contribution in [0, 0.1) is 6.92 Å². The van der Waals surface area contributed by atoms with Crippen molar-refractivity contribution in [1.82, 2.24) is 4.90 Å². The van der Waals surface area contributed by atoms with Crippen LogP contribution in [-0.2, 0) is 9.53 Å². The van der Waals surface area contributed by atoms with Gasteiger partial charge in [0, 0.05) is 24.8 Å². The largest absolute Gasteiger partial charge is 0.484 e. The highest BCUT2D eigenvalue weighted by Gasteiger charge is 2.17. The van der Waals surface area contributed by atoms with Gasteiger partial charge in [0.25, 0.3) is 5.91 Å². The van der Waals surface area contributed by atoms with Gasteiger partial charge < -0.3 is 20.1 Å². The van der Waals surface area contributed by atoms with Gasteiger partial charge in [0.05, 0.1) is 13.2 Å². The molecular formula is C13H18N2O3. The van der Waals surface area contributed by atoms with Crippen LogP contribution in [0.25, 0.3) is 0 Å². The minimum atomic E-state index is -0.0163. The molecule has 2 N–H and O–H groups in total. The number of amides is 1. The lowest BCUT2D eigenvalue weighted by Crippen LogP contribution is -2.42. The third kappa shape index (κ3) is 3.13. The van der Waals surface area contributed by atoms with Crippen LogP contribution in [0.3, 0.4) is 0 Å². The molecule has 18 heavy (non-hydrogen) atoms. The topological polar surface area (TPSA) is 64.8 Å². The summed E-state index contributed by atoms with van der Waals surface area (Å²) in [5, 5.41) is 0. The first-order chi connectivity index (χ1) is 8.66. The van der Waals surface area contributed by atoms with E-state index in [1.807, 2.05) is 19.1 Å². The fraction of sp³-hybridized carbons (Fsp3) is 0.462. The monoisotopic (exact) mass is 250 g/mol. The average Bonchev–Trinajstić information content (AvgIpc) is 2.41. The molecule has 1 saturated heterocycles. The highest BCUT2D eigenvalue weighted by atomic mass is 16.5. The molecule has 5 heteroatoms. The van der Waals surface area contributed by atoms with Gasteiger partial charge in [0.2, 0.25) is 0 Å². The molecule has 1 amide bonds. The number of hydrogen-bond acceptors (Lipinski definition) is 4. The Morgan fingerprint density at radius 1 is 1.44 bits per heavy atom. The van der Waals surface area contributed by atoms with Gasteiger partial charge >= 0.3 is 0 Å². The quantitative estimate of drug-likeness (QED) is 0.806. The summed E-state index contributed by atoms with van der Waals surface area (Å²) < 4.78 is 10.6. The predicted molar refractivity (Wildman–Crippen MR) is 68.5 cm³/mol. The number of nitrogens with two attached hydrogens (primary N) is 1. The summed E-state index contributed by atoms with van der Waals surface area (Å²) >= 11 is 0. The minimum absolute atomic E-state index is 0.0163. The summed E-state index contributed by atoms with van der Waals surface area (Å²) in [5.74, 6) is 0.608. The Bertz CT molecular complexity index is 428. The van der Waals surface area contributed by atoms with Crippen LogP contribution in [-0.4, -0.2) is 43.7 Å². The number of benzene rings is 1. The lowest BCUT2D eigenvalue weighted by atomic mass is 10.2. The van der Waals surface area contributed by atoms with Crippen LogP contribution >= 0.6 is 0 Å². The van der Waals surface area contributed by atoms with Crippen molar-refractivity contribution >= 4 is 11.6 Å². The number of morpholine rings is 1. The molecule has 1 aromatic carbocycles. The Morgan fingerprint density at radius 2 is 2.17 bits per heavy atom. The summed E-state index contributed by atoms with van der Waals surface area (Å²) in [4.78, 5) is 13.6. The van der Waals surface area contributed by atoms with Gasteiger partial charge in [-0.1, -0.05) is 6.07 Å². The Balaban J connectivity index is 1.86. The molecule has 0 atom stereocenters. The van der Waals surface area contributed by atoms with E-state index in [1.165, 1.54) is 0 Å². The van der Waals surface area contributed by atoms with Crippen molar-refractivity contribution in [1.29, 1.82) is 0 Å². The molecule has 1 heterocycles. The Kier molecular flexibility index (Phi) is 4.04. The third-order valence-corrected chi connectivity index (χ3v) is 2.98. The van der Waals surface area contributed by atoms with Gasteiger partial charge in [-0.3, -0.25) is 4.79 Å². The fourth-order valence-electron chi connectivity index (χ4n) is 1.76. The number of nitrogen functional groups attached to an aromatic ring is 1. The molecule has 2 rings (SSSR count). The molecule has 0 unspecified atom stereocenters. The normalized spacial score (nSPS) is 15.5. The van der Waals surface area contributed by atoms with Crippen LogP contribution in [0.15, 0.2) is 18.2 Å². The van der Waals surface area contributed by atoms with E-state index in [9.17, 15) is 4.79 Å². The zero-order valence-electron chi connectivity index (χ0n) is 10.5. The molecule has 0 bridgehead atoms. The van der Waals surface area contributed by atoms with Gasteiger partial charge in [-0.15, -0.1) is 0 Å². The first kappa shape index (κ1) is 12.7. The molecule has 0 aromatic heterocycles. The average molecular weight is 250 g/mol. The number of hydrogen-bond donors (Lipinski definition) is 1. The number of rotatable bonds is 3. The molecule has 0 spiro atoms. The highest BCUT2D eigenvalue weighted by Crippen LogP contribution is 2.18. The Labute approximate surface area is 106 Å². The molecule has 1 aliphatic rings. The molecule has 0 radical (unpaired) electrons. The minimum Gasteiger partial charge on any atom is -0.484 e. The molecule has 98 valence electrons.